The molecular formula is C22H20ClN3O3S. The van der Waals surface area contributed by atoms with Crippen LogP contribution in [0.4, 0.5) is 0 Å². The SMILES string of the molecule is CCCn1c(SCCCN2C(=O)c3ccccc3C2=O)nc2cc(Cl)ccc2c1=O. The summed E-state index contributed by atoms with van der Waals surface area (Å²) in [5, 5.41) is 1.70. The number of aromatic nitrogens is 2. The zero-order chi connectivity index (χ0) is 21.3. The highest BCUT2D eigenvalue weighted by Crippen LogP contribution is 2.24. The van der Waals surface area contributed by atoms with Crippen molar-refractivity contribution in [3.8, 4) is 0 Å². The molecule has 0 atom stereocenters. The molecule has 3 aromatic rings. The van der Waals surface area contributed by atoms with Crippen molar-refractivity contribution in [2.45, 2.75) is 31.5 Å². The van der Waals surface area contributed by atoms with Gasteiger partial charge in [0, 0.05) is 23.9 Å². The van der Waals surface area contributed by atoms with Gasteiger partial charge in [0.1, 0.15) is 0 Å². The minimum atomic E-state index is -0.248. The van der Waals surface area contributed by atoms with Gasteiger partial charge >= 0.3 is 0 Å². The number of thioether (sulfide) groups is 1. The van der Waals surface area contributed by atoms with Crippen molar-refractivity contribution in [2.24, 2.45) is 0 Å². The molecule has 6 nitrogen and oxygen atoms in total. The van der Waals surface area contributed by atoms with E-state index in [-0.39, 0.29) is 17.4 Å². The van der Waals surface area contributed by atoms with Crippen molar-refractivity contribution in [1.29, 1.82) is 0 Å². The lowest BCUT2D eigenvalue weighted by atomic mass is 10.1. The molecule has 0 saturated carbocycles. The molecule has 1 aliphatic heterocycles. The third-order valence-corrected chi connectivity index (χ3v) is 6.26. The molecule has 2 amide bonds. The van der Waals surface area contributed by atoms with Gasteiger partial charge in [0.25, 0.3) is 17.4 Å². The van der Waals surface area contributed by atoms with E-state index in [2.05, 4.69) is 4.98 Å². The summed E-state index contributed by atoms with van der Waals surface area (Å²) in [6.07, 6.45) is 1.41. The fourth-order valence-electron chi connectivity index (χ4n) is 3.53. The maximum absolute atomic E-state index is 12.9. The van der Waals surface area contributed by atoms with Gasteiger partial charge in [-0.2, -0.15) is 0 Å². The molecule has 30 heavy (non-hydrogen) atoms. The first kappa shape index (κ1) is 20.6. The molecule has 0 unspecified atom stereocenters. The number of carbonyl (C=O) groups excluding carboxylic acids is 2. The molecule has 0 saturated heterocycles. The number of benzene rings is 2. The quantitative estimate of drug-likeness (QED) is 0.237. The fourth-order valence-corrected chi connectivity index (χ4v) is 4.65. The van der Waals surface area contributed by atoms with E-state index in [0.717, 1.165) is 6.42 Å². The summed E-state index contributed by atoms with van der Waals surface area (Å²) in [6, 6.07) is 12.0. The Morgan fingerprint density at radius 1 is 1.00 bits per heavy atom. The van der Waals surface area contributed by atoms with Gasteiger partial charge in [0.05, 0.1) is 22.0 Å². The van der Waals surface area contributed by atoms with E-state index < -0.39 is 0 Å². The second-order valence-corrected chi connectivity index (χ2v) is 8.52. The normalized spacial score (nSPS) is 13.3. The first-order valence-electron chi connectivity index (χ1n) is 9.79. The van der Waals surface area contributed by atoms with Crippen molar-refractivity contribution < 1.29 is 9.59 Å². The Labute approximate surface area is 182 Å². The fraction of sp³-hybridized carbons (Fsp3) is 0.273. The van der Waals surface area contributed by atoms with Crippen LogP contribution >= 0.6 is 23.4 Å². The molecule has 2 heterocycles. The summed E-state index contributed by atoms with van der Waals surface area (Å²) in [5.41, 5.74) is 1.41. The molecular weight excluding hydrogens is 422 g/mol. The van der Waals surface area contributed by atoms with Crippen LogP contribution < -0.4 is 5.56 Å². The minimum Gasteiger partial charge on any atom is -0.287 e. The second-order valence-electron chi connectivity index (χ2n) is 7.02. The third-order valence-electron chi connectivity index (χ3n) is 4.96. The Morgan fingerprint density at radius 2 is 1.70 bits per heavy atom. The maximum Gasteiger partial charge on any atom is 0.262 e. The van der Waals surface area contributed by atoms with E-state index in [4.69, 9.17) is 11.6 Å². The Morgan fingerprint density at radius 3 is 2.37 bits per heavy atom. The standard InChI is InChI=1S/C22H20ClN3O3S/c1-2-10-26-21(29)17-9-8-14(23)13-18(17)24-22(26)30-12-5-11-25-19(27)15-6-3-4-7-16(15)20(25)28/h3-4,6-9,13H,2,5,10-12H2,1H3. The van der Waals surface area contributed by atoms with Gasteiger partial charge in [-0.25, -0.2) is 4.98 Å². The predicted molar refractivity (Wildman–Crippen MR) is 118 cm³/mol. The summed E-state index contributed by atoms with van der Waals surface area (Å²) in [6.45, 7) is 2.91. The average molecular weight is 442 g/mol. The van der Waals surface area contributed by atoms with Crippen LogP contribution in [-0.2, 0) is 6.54 Å². The van der Waals surface area contributed by atoms with Crippen LogP contribution in [0, 0.1) is 0 Å². The van der Waals surface area contributed by atoms with E-state index in [1.807, 2.05) is 6.92 Å². The highest BCUT2D eigenvalue weighted by Gasteiger charge is 2.34. The molecule has 1 aromatic heterocycles. The van der Waals surface area contributed by atoms with Gasteiger partial charge < -0.3 is 0 Å². The Hall–Kier alpha value is -2.64. The number of halogens is 1. The summed E-state index contributed by atoms with van der Waals surface area (Å²) < 4.78 is 1.68. The smallest absolute Gasteiger partial charge is 0.262 e. The lowest BCUT2D eigenvalue weighted by Crippen LogP contribution is -2.31. The Balaban J connectivity index is 1.48. The zero-order valence-electron chi connectivity index (χ0n) is 16.4. The molecule has 1 aliphatic rings. The van der Waals surface area contributed by atoms with Crippen LogP contribution in [-0.4, -0.2) is 38.6 Å². The predicted octanol–water partition coefficient (Wildman–Crippen LogP) is 4.24. The van der Waals surface area contributed by atoms with E-state index in [1.165, 1.54) is 16.7 Å². The van der Waals surface area contributed by atoms with Crippen LogP contribution in [0.25, 0.3) is 10.9 Å². The molecule has 0 spiro atoms. The van der Waals surface area contributed by atoms with Crippen molar-refractivity contribution >= 4 is 46.1 Å². The van der Waals surface area contributed by atoms with Gasteiger partial charge in [0.2, 0.25) is 0 Å². The Kier molecular flexibility index (Phi) is 5.92. The number of amides is 2. The number of hydrogen-bond acceptors (Lipinski definition) is 5. The van der Waals surface area contributed by atoms with Crippen LogP contribution in [0.3, 0.4) is 0 Å². The number of nitrogens with zero attached hydrogens (tertiary/aromatic N) is 3. The Bertz CT molecular complexity index is 1170. The number of fused-ring (bicyclic) bond motifs is 2. The van der Waals surface area contributed by atoms with Crippen molar-refractivity contribution in [3.63, 3.8) is 0 Å². The molecule has 0 radical (unpaired) electrons. The molecule has 0 N–H and O–H groups in total. The zero-order valence-corrected chi connectivity index (χ0v) is 18.0. The molecule has 4 rings (SSSR count). The number of imide groups is 1. The number of hydrogen-bond donors (Lipinski definition) is 0. The largest absolute Gasteiger partial charge is 0.287 e. The molecule has 8 heteroatoms. The second kappa shape index (κ2) is 8.62. The van der Waals surface area contributed by atoms with Gasteiger partial charge in [-0.1, -0.05) is 42.4 Å². The average Bonchev–Trinajstić information content (AvgIpc) is 2.98. The highest BCUT2D eigenvalue weighted by atomic mass is 35.5. The molecule has 2 aromatic carbocycles. The third kappa shape index (κ3) is 3.75. The van der Waals surface area contributed by atoms with Crippen LogP contribution in [0.1, 0.15) is 40.5 Å². The van der Waals surface area contributed by atoms with E-state index in [1.54, 1.807) is 47.0 Å². The van der Waals surface area contributed by atoms with Gasteiger partial charge in [0.15, 0.2) is 5.16 Å². The number of rotatable bonds is 7. The molecule has 0 aliphatic carbocycles. The van der Waals surface area contributed by atoms with E-state index in [0.29, 0.717) is 57.5 Å². The van der Waals surface area contributed by atoms with E-state index in [9.17, 15) is 14.4 Å². The monoisotopic (exact) mass is 441 g/mol. The lowest BCUT2D eigenvalue weighted by Gasteiger charge is -2.15. The topological polar surface area (TPSA) is 72.3 Å². The van der Waals surface area contributed by atoms with E-state index >= 15 is 0 Å². The van der Waals surface area contributed by atoms with Crippen LogP contribution in [0.15, 0.2) is 52.4 Å². The highest BCUT2D eigenvalue weighted by molar-refractivity contribution is 7.99. The summed E-state index contributed by atoms with van der Waals surface area (Å²) >= 11 is 7.52. The summed E-state index contributed by atoms with van der Waals surface area (Å²) in [4.78, 5) is 43.7. The minimum absolute atomic E-state index is 0.0821. The molecule has 0 bridgehead atoms. The maximum atomic E-state index is 12.9. The molecule has 154 valence electrons. The van der Waals surface area contributed by atoms with Crippen molar-refractivity contribution in [1.82, 2.24) is 14.5 Å². The van der Waals surface area contributed by atoms with Gasteiger partial charge in [-0.3, -0.25) is 23.9 Å². The molecule has 0 fully saturated rings. The lowest BCUT2D eigenvalue weighted by molar-refractivity contribution is 0.0655. The van der Waals surface area contributed by atoms with Crippen LogP contribution in [0.2, 0.25) is 5.02 Å². The van der Waals surface area contributed by atoms with Crippen LogP contribution in [0.5, 0.6) is 0 Å². The summed E-state index contributed by atoms with van der Waals surface area (Å²) in [7, 11) is 0. The first-order chi connectivity index (χ1) is 14.5. The first-order valence-corrected chi connectivity index (χ1v) is 11.2. The van der Waals surface area contributed by atoms with Gasteiger partial charge in [-0.05, 0) is 43.2 Å². The van der Waals surface area contributed by atoms with Gasteiger partial charge in [-0.15, -0.1) is 0 Å². The summed E-state index contributed by atoms with van der Waals surface area (Å²) in [5.74, 6) is 0.124. The van der Waals surface area contributed by atoms with Crippen molar-refractivity contribution in [2.75, 3.05) is 12.3 Å². The van der Waals surface area contributed by atoms with Crippen molar-refractivity contribution in [3.05, 3.63) is 69.0 Å². The number of carbonyl (C=O) groups is 2.